The van der Waals surface area contributed by atoms with Crippen LogP contribution in [0.15, 0.2) is 24.3 Å². The zero-order chi connectivity index (χ0) is 13.1. The van der Waals surface area contributed by atoms with Crippen LogP contribution < -0.4 is 4.90 Å². The van der Waals surface area contributed by atoms with Crippen molar-refractivity contribution in [2.45, 2.75) is 11.7 Å². The summed E-state index contributed by atoms with van der Waals surface area (Å²) < 4.78 is 12.8. The van der Waals surface area contributed by atoms with Crippen molar-refractivity contribution < 1.29 is 19.1 Å². The van der Waals surface area contributed by atoms with E-state index in [1.165, 1.54) is 36.0 Å². The van der Waals surface area contributed by atoms with E-state index in [4.69, 9.17) is 5.11 Å². The minimum atomic E-state index is -0.449. The molecule has 1 aromatic carbocycles. The van der Waals surface area contributed by atoms with Crippen molar-refractivity contribution in [3.8, 4) is 0 Å². The first-order valence-electron chi connectivity index (χ1n) is 5.48. The molecular formula is C12H12FNO3S. The van der Waals surface area contributed by atoms with Crippen LogP contribution in [0.5, 0.6) is 0 Å². The number of rotatable bonds is 4. The van der Waals surface area contributed by atoms with Gasteiger partial charge in [0.1, 0.15) is 5.82 Å². The van der Waals surface area contributed by atoms with E-state index in [1.54, 1.807) is 0 Å². The highest BCUT2D eigenvalue weighted by atomic mass is 32.2. The van der Waals surface area contributed by atoms with Crippen LogP contribution >= 0.6 is 11.8 Å². The molecule has 1 fully saturated rings. The largest absolute Gasteiger partial charge is 0.396 e. The van der Waals surface area contributed by atoms with E-state index in [1.807, 2.05) is 0 Å². The summed E-state index contributed by atoms with van der Waals surface area (Å²) in [6, 6.07) is 5.24. The molecule has 1 N–H and O–H groups in total. The Hall–Kier alpha value is -1.40. The number of benzene rings is 1. The summed E-state index contributed by atoms with van der Waals surface area (Å²) in [6.07, 6.45) is 0.126. The maximum atomic E-state index is 12.8. The number of aliphatic hydroxyl groups excluding tert-OH is 1. The molecule has 2 amide bonds. The van der Waals surface area contributed by atoms with E-state index < -0.39 is 11.1 Å². The van der Waals surface area contributed by atoms with Crippen LogP contribution in [0.3, 0.4) is 0 Å². The second-order valence-corrected chi connectivity index (χ2v) is 5.14. The molecule has 1 saturated heterocycles. The highest BCUT2D eigenvalue weighted by Gasteiger charge is 2.39. The smallest absolute Gasteiger partial charge is 0.247 e. The van der Waals surface area contributed by atoms with Crippen LogP contribution in [0.25, 0.3) is 0 Å². The topological polar surface area (TPSA) is 57.6 Å². The van der Waals surface area contributed by atoms with Crippen molar-refractivity contribution >= 4 is 29.3 Å². The van der Waals surface area contributed by atoms with Crippen LogP contribution in [-0.2, 0) is 9.59 Å². The molecule has 0 saturated carbocycles. The molecule has 96 valence electrons. The van der Waals surface area contributed by atoms with Gasteiger partial charge in [-0.3, -0.25) is 9.59 Å². The summed E-state index contributed by atoms with van der Waals surface area (Å²) >= 11 is 1.26. The molecule has 0 radical (unpaired) electrons. The molecule has 18 heavy (non-hydrogen) atoms. The quantitative estimate of drug-likeness (QED) is 0.834. The Bertz CT molecular complexity index is 463. The second-order valence-electron chi connectivity index (χ2n) is 3.83. The highest BCUT2D eigenvalue weighted by Crippen LogP contribution is 2.29. The standard InChI is InChI=1S/C12H12FNO3S/c13-8-1-3-9(4-2-8)14-11(16)7-10(12(14)17)18-6-5-15/h1-4,10,15H,5-7H2/t10-/m1/s1. The predicted molar refractivity (Wildman–Crippen MR) is 66.8 cm³/mol. The zero-order valence-corrected chi connectivity index (χ0v) is 10.3. The Labute approximate surface area is 108 Å². The van der Waals surface area contributed by atoms with E-state index in [2.05, 4.69) is 0 Å². The van der Waals surface area contributed by atoms with Gasteiger partial charge < -0.3 is 5.11 Å². The molecule has 4 nitrogen and oxygen atoms in total. The minimum Gasteiger partial charge on any atom is -0.396 e. The molecule has 1 aromatic rings. The van der Waals surface area contributed by atoms with Gasteiger partial charge in [0.2, 0.25) is 11.8 Å². The van der Waals surface area contributed by atoms with Gasteiger partial charge in [0.15, 0.2) is 0 Å². The number of halogens is 1. The van der Waals surface area contributed by atoms with Gasteiger partial charge in [-0.05, 0) is 24.3 Å². The maximum Gasteiger partial charge on any atom is 0.247 e. The molecule has 0 unspecified atom stereocenters. The van der Waals surface area contributed by atoms with E-state index in [9.17, 15) is 14.0 Å². The van der Waals surface area contributed by atoms with Gasteiger partial charge in [0, 0.05) is 12.2 Å². The molecule has 1 heterocycles. The summed E-state index contributed by atoms with van der Waals surface area (Å²) in [4.78, 5) is 24.9. The van der Waals surface area contributed by atoms with Crippen LogP contribution in [0.1, 0.15) is 6.42 Å². The fraction of sp³-hybridized carbons (Fsp3) is 0.333. The minimum absolute atomic E-state index is 0.0286. The Kier molecular flexibility index (Phi) is 3.98. The third-order valence-electron chi connectivity index (χ3n) is 2.60. The normalized spacial score (nSPS) is 19.7. The van der Waals surface area contributed by atoms with Crippen molar-refractivity contribution in [3.63, 3.8) is 0 Å². The zero-order valence-electron chi connectivity index (χ0n) is 9.51. The number of hydrogen-bond acceptors (Lipinski definition) is 4. The second kappa shape index (κ2) is 5.49. The number of carbonyl (C=O) groups excluding carboxylic acids is 2. The molecule has 0 bridgehead atoms. The first-order chi connectivity index (χ1) is 8.63. The number of imide groups is 1. The van der Waals surface area contributed by atoms with Crippen molar-refractivity contribution in [3.05, 3.63) is 30.1 Å². The first kappa shape index (κ1) is 13.0. The third-order valence-corrected chi connectivity index (χ3v) is 3.79. The molecule has 0 aliphatic carbocycles. The summed E-state index contributed by atoms with van der Waals surface area (Å²) in [5.41, 5.74) is 0.387. The summed E-state index contributed by atoms with van der Waals surface area (Å²) in [7, 11) is 0. The fourth-order valence-electron chi connectivity index (χ4n) is 1.79. The van der Waals surface area contributed by atoms with Crippen molar-refractivity contribution in [2.24, 2.45) is 0 Å². The van der Waals surface area contributed by atoms with Gasteiger partial charge in [0.25, 0.3) is 0 Å². The molecule has 2 rings (SSSR count). The number of thioether (sulfide) groups is 1. The Morgan fingerprint density at radius 1 is 1.33 bits per heavy atom. The summed E-state index contributed by atoms with van der Waals surface area (Å²) in [5, 5.41) is 8.27. The fourth-order valence-corrected chi connectivity index (χ4v) is 2.69. The summed E-state index contributed by atoms with van der Waals surface area (Å²) in [5.74, 6) is -0.586. The third kappa shape index (κ3) is 2.54. The van der Waals surface area contributed by atoms with Gasteiger partial charge in [-0.2, -0.15) is 0 Å². The lowest BCUT2D eigenvalue weighted by Gasteiger charge is -2.14. The van der Waals surface area contributed by atoms with Crippen LogP contribution in [0, 0.1) is 5.82 Å². The SMILES string of the molecule is O=C1C[C@@H](SCCO)C(=O)N1c1ccc(F)cc1. The molecule has 1 atom stereocenters. The average molecular weight is 269 g/mol. The van der Waals surface area contributed by atoms with E-state index >= 15 is 0 Å². The maximum absolute atomic E-state index is 12.8. The number of carbonyl (C=O) groups is 2. The Morgan fingerprint density at radius 2 is 2.00 bits per heavy atom. The van der Waals surface area contributed by atoms with Gasteiger partial charge in [-0.1, -0.05) is 0 Å². The van der Waals surface area contributed by atoms with Crippen LogP contribution in [-0.4, -0.2) is 34.5 Å². The van der Waals surface area contributed by atoms with Gasteiger partial charge >= 0.3 is 0 Å². The lowest BCUT2D eigenvalue weighted by Crippen LogP contribution is -2.31. The van der Waals surface area contributed by atoms with Crippen molar-refractivity contribution in [1.82, 2.24) is 0 Å². The molecule has 1 aliphatic rings. The Morgan fingerprint density at radius 3 is 2.61 bits per heavy atom. The van der Waals surface area contributed by atoms with Crippen LogP contribution in [0.4, 0.5) is 10.1 Å². The van der Waals surface area contributed by atoms with E-state index in [-0.39, 0.29) is 24.8 Å². The lowest BCUT2D eigenvalue weighted by molar-refractivity contribution is -0.121. The first-order valence-corrected chi connectivity index (χ1v) is 6.53. The molecule has 6 heteroatoms. The van der Waals surface area contributed by atoms with Gasteiger partial charge in [-0.25, -0.2) is 9.29 Å². The summed E-state index contributed by atoms with van der Waals surface area (Å²) in [6.45, 7) is -0.0286. The number of amides is 2. The van der Waals surface area contributed by atoms with Crippen molar-refractivity contribution in [2.75, 3.05) is 17.3 Å². The number of hydrogen-bond donors (Lipinski definition) is 1. The number of aliphatic hydroxyl groups is 1. The highest BCUT2D eigenvalue weighted by molar-refractivity contribution is 8.00. The van der Waals surface area contributed by atoms with Gasteiger partial charge in [-0.15, -0.1) is 11.8 Å². The molecule has 0 spiro atoms. The monoisotopic (exact) mass is 269 g/mol. The van der Waals surface area contributed by atoms with Crippen LogP contribution in [0.2, 0.25) is 0 Å². The van der Waals surface area contributed by atoms with Crippen molar-refractivity contribution in [1.29, 1.82) is 0 Å². The number of nitrogens with zero attached hydrogens (tertiary/aromatic N) is 1. The molecule has 1 aliphatic heterocycles. The van der Waals surface area contributed by atoms with E-state index in [0.29, 0.717) is 11.4 Å². The Balaban J connectivity index is 2.16. The lowest BCUT2D eigenvalue weighted by atomic mass is 10.3. The molecule has 0 aromatic heterocycles. The average Bonchev–Trinajstić information content (AvgIpc) is 2.63. The van der Waals surface area contributed by atoms with E-state index in [0.717, 1.165) is 4.90 Å². The predicted octanol–water partition coefficient (Wildman–Crippen LogP) is 1.18. The number of anilines is 1. The molecular weight excluding hydrogens is 257 g/mol. The van der Waals surface area contributed by atoms with Gasteiger partial charge in [0.05, 0.1) is 17.5 Å².